The monoisotopic (exact) mass is 685 g/mol. The Morgan fingerprint density at radius 2 is 1.45 bits per heavy atom. The second-order valence-electron chi connectivity index (χ2n) is 14.3. The van der Waals surface area contributed by atoms with Crippen molar-refractivity contribution in [3.63, 3.8) is 0 Å². The molecule has 4 N–H and O–H groups in total. The van der Waals surface area contributed by atoms with E-state index in [1.54, 1.807) is 19.1 Å². The van der Waals surface area contributed by atoms with Gasteiger partial charge in [-0.25, -0.2) is 8.42 Å². The lowest BCUT2D eigenvalue weighted by atomic mass is 9.98. The smallest absolute Gasteiger partial charge is 0.274 e. The molecule has 0 aliphatic carbocycles. The zero-order valence-corrected chi connectivity index (χ0v) is 31.9. The van der Waals surface area contributed by atoms with Crippen molar-refractivity contribution in [3.8, 4) is 34.1 Å². The van der Waals surface area contributed by atoms with Crippen LogP contribution in [0, 0.1) is 29.9 Å². The van der Waals surface area contributed by atoms with Crippen LogP contribution in [0.4, 0.5) is 17.1 Å². The van der Waals surface area contributed by atoms with E-state index in [-0.39, 0.29) is 4.90 Å². The van der Waals surface area contributed by atoms with Gasteiger partial charge in [-0.15, -0.1) is 11.1 Å². The minimum absolute atomic E-state index is 0.0321. The molecule has 0 spiro atoms. The van der Waals surface area contributed by atoms with Crippen molar-refractivity contribution in [2.24, 2.45) is 0 Å². The molecule has 3 aromatic carbocycles. The van der Waals surface area contributed by atoms with Gasteiger partial charge in [0, 0.05) is 11.1 Å². The second-order valence-corrected chi connectivity index (χ2v) is 26.3. The van der Waals surface area contributed by atoms with Crippen LogP contribution in [0.3, 0.4) is 0 Å². The molecule has 0 saturated heterocycles. The molecule has 1 atom stereocenters. The maximum Gasteiger partial charge on any atom is 0.274 e. The first-order valence-electron chi connectivity index (χ1n) is 16.1. The number of amides is 1. The molecule has 0 radical (unpaired) electrons. The molecule has 7 nitrogen and oxygen atoms in total. The summed E-state index contributed by atoms with van der Waals surface area (Å²) in [5.74, 6) is 6.27. The van der Waals surface area contributed by atoms with Gasteiger partial charge in [-0.3, -0.25) is 9.52 Å². The van der Waals surface area contributed by atoms with E-state index in [0.717, 1.165) is 22.3 Å². The molecule has 1 unspecified atom stereocenters. The molecule has 1 aliphatic rings. The summed E-state index contributed by atoms with van der Waals surface area (Å²) in [7, 11) is -7.65. The summed E-state index contributed by atoms with van der Waals surface area (Å²) >= 11 is 0. The number of carbonyl (C=O) groups is 1. The largest absolute Gasteiger partial charge is 0.366 e. The average molecular weight is 686 g/mol. The number of aliphatic hydroxyl groups is 1. The van der Waals surface area contributed by atoms with E-state index in [9.17, 15) is 18.3 Å². The number of sulfonamides is 1. The fourth-order valence-electron chi connectivity index (χ4n) is 6.39. The van der Waals surface area contributed by atoms with Crippen molar-refractivity contribution in [2.45, 2.75) is 95.9 Å². The molecule has 4 rings (SSSR count). The minimum Gasteiger partial charge on any atom is -0.366 e. The highest BCUT2D eigenvalue weighted by Crippen LogP contribution is 2.41. The Morgan fingerprint density at radius 1 is 0.830 bits per heavy atom. The molecule has 0 bridgehead atoms. The summed E-state index contributed by atoms with van der Waals surface area (Å²) in [5.41, 5.74) is 13.7. The highest BCUT2D eigenvalue weighted by molar-refractivity contribution is 7.92. The maximum absolute atomic E-state index is 13.7. The Hall–Kier alpha value is -3.81. The van der Waals surface area contributed by atoms with E-state index >= 15 is 0 Å². The number of aryl methyl sites for hydroxylation is 1. The van der Waals surface area contributed by atoms with Crippen molar-refractivity contribution < 1.29 is 18.3 Å². The Labute approximate surface area is 283 Å². The minimum atomic E-state index is -4.05. The first-order chi connectivity index (χ1) is 21.8. The molecule has 248 valence electrons. The van der Waals surface area contributed by atoms with Gasteiger partial charge in [0.05, 0.1) is 22.0 Å². The first-order valence-corrected chi connectivity index (χ1v) is 23.3. The number of fused-ring (bicyclic) bond motifs is 1. The number of nitrogens with one attached hydrogen (secondary N) is 3. The third kappa shape index (κ3) is 8.02. The van der Waals surface area contributed by atoms with E-state index in [1.165, 1.54) is 6.07 Å². The van der Waals surface area contributed by atoms with Gasteiger partial charge in [0.1, 0.15) is 16.1 Å². The van der Waals surface area contributed by atoms with Crippen LogP contribution in [0.25, 0.3) is 11.1 Å². The van der Waals surface area contributed by atoms with Gasteiger partial charge in [-0.05, 0) is 76.6 Å². The zero-order valence-electron chi connectivity index (χ0n) is 29.1. The number of anilines is 3. The van der Waals surface area contributed by atoms with Gasteiger partial charge in [0.15, 0.2) is 0 Å². The van der Waals surface area contributed by atoms with Crippen LogP contribution >= 0.6 is 0 Å². The Kier molecular flexibility index (Phi) is 10.5. The maximum atomic E-state index is 13.7. The second kappa shape index (κ2) is 13.7. The lowest BCUT2D eigenvalue weighted by Crippen LogP contribution is -2.43. The van der Waals surface area contributed by atoms with Gasteiger partial charge in [-0.1, -0.05) is 91.2 Å². The quantitative estimate of drug-likeness (QED) is 0.149. The fourth-order valence-corrected chi connectivity index (χ4v) is 13.4. The number of hydrogen-bond donors (Lipinski definition) is 4. The van der Waals surface area contributed by atoms with Crippen molar-refractivity contribution in [1.82, 2.24) is 0 Å². The molecule has 0 fully saturated rings. The number of aliphatic hydroxyl groups excluding tert-OH is 1. The lowest BCUT2D eigenvalue weighted by molar-refractivity contribution is -0.122. The van der Waals surface area contributed by atoms with Crippen molar-refractivity contribution in [3.05, 3.63) is 71.3 Å². The molecule has 10 heteroatoms. The summed E-state index contributed by atoms with van der Waals surface area (Å²) in [4.78, 5) is 11.9. The van der Waals surface area contributed by atoms with Gasteiger partial charge in [-0.2, -0.15) is 0 Å². The molecular formula is C37H47N3O4SSi2. The van der Waals surface area contributed by atoms with Crippen LogP contribution in [0.5, 0.6) is 0 Å². The van der Waals surface area contributed by atoms with E-state index in [2.05, 4.69) is 99.5 Å². The number of carbonyl (C=O) groups excluding carboxylic acids is 1. The van der Waals surface area contributed by atoms with Crippen LogP contribution in [0.1, 0.15) is 58.2 Å². The Bertz CT molecular complexity index is 1890. The first kappa shape index (κ1) is 36.0. The highest BCUT2D eigenvalue weighted by Gasteiger charge is 2.41. The van der Waals surface area contributed by atoms with Crippen LogP contribution in [-0.2, 0) is 14.8 Å². The molecular weight excluding hydrogens is 639 g/mol. The van der Waals surface area contributed by atoms with Crippen LogP contribution in [0.2, 0.25) is 36.3 Å². The molecule has 1 aliphatic heterocycles. The number of hydrogen-bond acceptors (Lipinski definition) is 5. The third-order valence-electron chi connectivity index (χ3n) is 8.73. The molecule has 0 aromatic heterocycles. The standard InChI is InChI=1S/C37H47N3O4SSi2/c1-24(2)47(25(3)4,26(5)6)20-18-30-22-31(15-16-32(30)29-13-11-28(12-14-29)17-19-46(8,9)10)40-45(43,44)35-23-34-33(21-27(35)7)38-36(41)37(42)39-34/h11-16,21-26,37,39-40,42H,1-10H3,(H,38,41). The number of rotatable bonds is 7. The van der Waals surface area contributed by atoms with Gasteiger partial charge in [0.2, 0.25) is 6.23 Å². The zero-order chi connectivity index (χ0) is 34.9. The highest BCUT2D eigenvalue weighted by atomic mass is 32.2. The van der Waals surface area contributed by atoms with Crippen molar-refractivity contribution >= 4 is 49.1 Å². The SMILES string of the molecule is Cc1cc2c(cc1S(=O)(=O)Nc1ccc(-c3ccc(C#C[Si](C)(C)C)cc3)c(C#C[Si](C(C)C)(C(C)C)C(C)C)c1)NC(O)C(=O)N2. The predicted octanol–water partition coefficient (Wildman–Crippen LogP) is 7.94. The molecule has 1 amide bonds. The topological polar surface area (TPSA) is 108 Å². The van der Waals surface area contributed by atoms with Gasteiger partial charge >= 0.3 is 0 Å². The fraction of sp³-hybridized carbons (Fsp3) is 0.378. The third-order valence-corrected chi connectivity index (χ3v) is 17.4. The normalized spacial score (nSPS) is 14.9. The summed E-state index contributed by atoms with van der Waals surface area (Å²) in [6.07, 6.45) is -1.47. The van der Waals surface area contributed by atoms with Crippen LogP contribution in [-0.4, -0.2) is 41.8 Å². The summed E-state index contributed by atoms with van der Waals surface area (Å²) in [6.45, 7) is 21.9. The van der Waals surface area contributed by atoms with Crippen molar-refractivity contribution in [2.75, 3.05) is 15.4 Å². The lowest BCUT2D eigenvalue weighted by Gasteiger charge is -2.38. The summed E-state index contributed by atoms with van der Waals surface area (Å²) in [5, 5.41) is 15.2. The summed E-state index contributed by atoms with van der Waals surface area (Å²) < 4.78 is 30.2. The summed E-state index contributed by atoms with van der Waals surface area (Å²) in [6, 6.07) is 16.6. The van der Waals surface area contributed by atoms with E-state index in [4.69, 9.17) is 0 Å². The van der Waals surface area contributed by atoms with Crippen LogP contribution in [0.15, 0.2) is 59.5 Å². The van der Waals surface area contributed by atoms with Crippen LogP contribution < -0.4 is 15.4 Å². The van der Waals surface area contributed by atoms with E-state index < -0.39 is 38.3 Å². The van der Waals surface area contributed by atoms with E-state index in [1.807, 2.05) is 36.4 Å². The molecule has 0 saturated carbocycles. The van der Waals surface area contributed by atoms with Gasteiger partial charge in [0.25, 0.3) is 15.9 Å². The molecule has 3 aromatic rings. The Balaban J connectivity index is 1.81. The molecule has 47 heavy (non-hydrogen) atoms. The number of benzene rings is 3. The predicted molar refractivity (Wildman–Crippen MR) is 200 cm³/mol. The Morgan fingerprint density at radius 3 is 2.02 bits per heavy atom. The van der Waals surface area contributed by atoms with Crippen molar-refractivity contribution in [1.29, 1.82) is 0 Å². The average Bonchev–Trinajstić information content (AvgIpc) is 2.96. The van der Waals surface area contributed by atoms with Gasteiger partial charge < -0.3 is 15.7 Å². The molecule has 1 heterocycles. The van der Waals surface area contributed by atoms with E-state index in [0.29, 0.717) is 39.2 Å².